The van der Waals surface area contributed by atoms with E-state index in [4.69, 9.17) is 4.74 Å². The van der Waals surface area contributed by atoms with Crippen LogP contribution in [0.3, 0.4) is 0 Å². The first-order valence-electron chi connectivity index (χ1n) is 6.67. The van der Waals surface area contributed by atoms with Crippen molar-refractivity contribution in [1.82, 2.24) is 10.3 Å². The van der Waals surface area contributed by atoms with E-state index >= 15 is 0 Å². The van der Waals surface area contributed by atoms with Crippen molar-refractivity contribution in [2.75, 3.05) is 31.1 Å². The highest BCUT2D eigenvalue weighted by Gasteiger charge is 2.11. The van der Waals surface area contributed by atoms with Gasteiger partial charge in [-0.3, -0.25) is 0 Å². The Bertz CT molecular complexity index is 568. The van der Waals surface area contributed by atoms with Crippen molar-refractivity contribution >= 4 is 5.69 Å². The third kappa shape index (κ3) is 2.88. The van der Waals surface area contributed by atoms with Gasteiger partial charge in [-0.1, -0.05) is 0 Å². The van der Waals surface area contributed by atoms with Gasteiger partial charge in [0.05, 0.1) is 0 Å². The third-order valence-electron chi connectivity index (χ3n) is 3.26. The van der Waals surface area contributed by atoms with Crippen molar-refractivity contribution in [3.8, 4) is 11.6 Å². The maximum atomic E-state index is 13.4. The monoisotopic (exact) mass is 273 g/mol. The van der Waals surface area contributed by atoms with Gasteiger partial charge in [0.1, 0.15) is 5.75 Å². The summed E-state index contributed by atoms with van der Waals surface area (Å²) in [6, 6.07) is 10.5. The Morgan fingerprint density at radius 2 is 1.85 bits per heavy atom. The van der Waals surface area contributed by atoms with Crippen molar-refractivity contribution < 1.29 is 9.13 Å². The molecule has 1 N–H and O–H groups in total. The number of benzene rings is 1. The van der Waals surface area contributed by atoms with Crippen LogP contribution in [0.25, 0.3) is 0 Å². The molecule has 4 nitrogen and oxygen atoms in total. The number of pyridine rings is 1. The van der Waals surface area contributed by atoms with Crippen molar-refractivity contribution in [2.45, 2.75) is 0 Å². The van der Waals surface area contributed by atoms with Gasteiger partial charge in [0.2, 0.25) is 0 Å². The van der Waals surface area contributed by atoms with Crippen LogP contribution in [0.4, 0.5) is 10.1 Å². The lowest BCUT2D eigenvalue weighted by molar-refractivity contribution is 0.422. The molecule has 5 heteroatoms. The lowest BCUT2D eigenvalue weighted by Gasteiger charge is -2.29. The molecule has 20 heavy (non-hydrogen) atoms. The van der Waals surface area contributed by atoms with Crippen LogP contribution in [0.15, 0.2) is 42.6 Å². The fraction of sp³-hybridized carbons (Fsp3) is 0.267. The highest BCUT2D eigenvalue weighted by Crippen LogP contribution is 2.24. The molecule has 0 unspecified atom stereocenters. The molecule has 1 aliphatic rings. The third-order valence-corrected chi connectivity index (χ3v) is 3.26. The minimum atomic E-state index is -0.460. The largest absolute Gasteiger partial charge is 0.436 e. The number of halogens is 1. The van der Waals surface area contributed by atoms with Crippen LogP contribution in [0.2, 0.25) is 0 Å². The zero-order valence-electron chi connectivity index (χ0n) is 11.1. The molecule has 2 heterocycles. The summed E-state index contributed by atoms with van der Waals surface area (Å²) in [5.41, 5.74) is 1.15. The number of nitrogens with one attached hydrogen (secondary N) is 1. The summed E-state index contributed by atoms with van der Waals surface area (Å²) < 4.78 is 18.9. The molecule has 0 saturated carbocycles. The van der Waals surface area contributed by atoms with Crippen LogP contribution in [0.5, 0.6) is 11.6 Å². The Hall–Kier alpha value is -2.14. The topological polar surface area (TPSA) is 37.4 Å². The van der Waals surface area contributed by atoms with Crippen LogP contribution >= 0.6 is 0 Å². The number of piperazine rings is 1. The predicted molar refractivity (Wildman–Crippen MR) is 75.8 cm³/mol. The quantitative estimate of drug-likeness (QED) is 0.932. The second-order valence-electron chi connectivity index (χ2n) is 4.62. The molecule has 0 radical (unpaired) electrons. The summed E-state index contributed by atoms with van der Waals surface area (Å²) >= 11 is 0. The molecule has 0 bridgehead atoms. The number of ether oxygens (including phenoxy) is 1. The van der Waals surface area contributed by atoms with Crippen molar-refractivity contribution in [1.29, 1.82) is 0 Å². The molecule has 1 saturated heterocycles. The van der Waals surface area contributed by atoms with Crippen molar-refractivity contribution in [3.63, 3.8) is 0 Å². The van der Waals surface area contributed by atoms with Crippen LogP contribution in [-0.2, 0) is 0 Å². The second-order valence-corrected chi connectivity index (χ2v) is 4.62. The van der Waals surface area contributed by atoms with Gasteiger partial charge in [-0.15, -0.1) is 0 Å². The van der Waals surface area contributed by atoms with Crippen LogP contribution in [0.1, 0.15) is 0 Å². The van der Waals surface area contributed by atoms with Gasteiger partial charge in [0.25, 0.3) is 5.88 Å². The standard InChI is InChI=1S/C15H16FN3O/c16-14-2-1-7-18-15(14)20-13-5-3-12(4-6-13)19-10-8-17-9-11-19/h1-7,17H,8-11H2. The number of aromatic nitrogens is 1. The Kier molecular flexibility index (Phi) is 3.78. The maximum Gasteiger partial charge on any atom is 0.255 e. The SMILES string of the molecule is Fc1cccnc1Oc1ccc(N2CCNCC2)cc1. The lowest BCUT2D eigenvalue weighted by atomic mass is 10.2. The van der Waals surface area contributed by atoms with Gasteiger partial charge in [-0.25, -0.2) is 9.37 Å². The summed E-state index contributed by atoms with van der Waals surface area (Å²) in [7, 11) is 0. The van der Waals surface area contributed by atoms with Crippen LogP contribution < -0.4 is 15.0 Å². The molecule has 0 aliphatic carbocycles. The normalized spacial score (nSPS) is 15.2. The first-order chi connectivity index (χ1) is 9.83. The van der Waals surface area contributed by atoms with Gasteiger partial charge >= 0.3 is 0 Å². The molecule has 1 aromatic heterocycles. The van der Waals surface area contributed by atoms with Crippen molar-refractivity contribution in [3.05, 3.63) is 48.4 Å². The minimum Gasteiger partial charge on any atom is -0.436 e. The predicted octanol–water partition coefficient (Wildman–Crippen LogP) is 2.42. The number of hydrogen-bond acceptors (Lipinski definition) is 4. The van der Waals surface area contributed by atoms with E-state index in [0.717, 1.165) is 31.9 Å². The molecule has 1 fully saturated rings. The highest BCUT2D eigenvalue weighted by molar-refractivity contribution is 5.49. The van der Waals surface area contributed by atoms with Gasteiger partial charge in [0.15, 0.2) is 5.82 Å². The maximum absolute atomic E-state index is 13.4. The zero-order chi connectivity index (χ0) is 13.8. The summed E-state index contributed by atoms with van der Waals surface area (Å²) in [5.74, 6) is 0.127. The fourth-order valence-corrected chi connectivity index (χ4v) is 2.21. The summed E-state index contributed by atoms with van der Waals surface area (Å²) in [6.45, 7) is 3.99. The minimum absolute atomic E-state index is 0.00224. The molecular weight excluding hydrogens is 257 g/mol. The Morgan fingerprint density at radius 1 is 1.10 bits per heavy atom. The van der Waals surface area contributed by atoms with E-state index in [0.29, 0.717) is 5.75 Å². The molecule has 0 atom stereocenters. The molecule has 1 aromatic carbocycles. The molecule has 0 spiro atoms. The Morgan fingerprint density at radius 3 is 2.55 bits per heavy atom. The fourth-order valence-electron chi connectivity index (χ4n) is 2.21. The zero-order valence-corrected chi connectivity index (χ0v) is 11.1. The molecule has 0 amide bonds. The molecule has 2 aromatic rings. The molecule has 104 valence electrons. The number of hydrogen-bond donors (Lipinski definition) is 1. The molecular formula is C15H16FN3O. The molecule has 3 rings (SSSR count). The van der Waals surface area contributed by atoms with Gasteiger partial charge in [0, 0.05) is 38.1 Å². The van der Waals surface area contributed by atoms with E-state index in [-0.39, 0.29) is 5.88 Å². The smallest absolute Gasteiger partial charge is 0.255 e. The van der Waals surface area contributed by atoms with Gasteiger partial charge < -0.3 is 15.0 Å². The second kappa shape index (κ2) is 5.88. The van der Waals surface area contributed by atoms with Gasteiger partial charge in [-0.05, 0) is 36.4 Å². The Balaban J connectivity index is 1.71. The van der Waals surface area contributed by atoms with E-state index in [9.17, 15) is 4.39 Å². The number of rotatable bonds is 3. The highest BCUT2D eigenvalue weighted by atomic mass is 19.1. The summed E-state index contributed by atoms with van der Waals surface area (Å²) in [6.07, 6.45) is 1.51. The number of anilines is 1. The number of nitrogens with zero attached hydrogens (tertiary/aromatic N) is 2. The average molecular weight is 273 g/mol. The van der Waals surface area contributed by atoms with Crippen molar-refractivity contribution in [2.24, 2.45) is 0 Å². The average Bonchev–Trinajstić information content (AvgIpc) is 2.51. The van der Waals surface area contributed by atoms with E-state index in [1.54, 1.807) is 0 Å². The van der Waals surface area contributed by atoms with E-state index in [2.05, 4.69) is 15.2 Å². The Labute approximate surface area is 117 Å². The summed E-state index contributed by atoms with van der Waals surface area (Å²) in [4.78, 5) is 6.18. The van der Waals surface area contributed by atoms with Gasteiger partial charge in [-0.2, -0.15) is 0 Å². The van der Waals surface area contributed by atoms with Crippen LogP contribution in [-0.4, -0.2) is 31.2 Å². The lowest BCUT2D eigenvalue weighted by Crippen LogP contribution is -2.43. The van der Waals surface area contributed by atoms with E-state index in [1.807, 2.05) is 24.3 Å². The van der Waals surface area contributed by atoms with E-state index in [1.165, 1.54) is 18.3 Å². The van der Waals surface area contributed by atoms with Crippen LogP contribution in [0, 0.1) is 5.82 Å². The first-order valence-corrected chi connectivity index (χ1v) is 6.67. The molecule has 1 aliphatic heterocycles. The van der Waals surface area contributed by atoms with E-state index < -0.39 is 5.82 Å². The summed E-state index contributed by atoms with van der Waals surface area (Å²) in [5, 5.41) is 3.32. The first kappa shape index (κ1) is 12.9.